The molecule has 0 spiro atoms. The smallest absolute Gasteiger partial charge is 0.236 e. The summed E-state index contributed by atoms with van der Waals surface area (Å²) in [5.41, 5.74) is 0. The lowest BCUT2D eigenvalue weighted by Crippen LogP contribution is -2.33. The van der Waals surface area contributed by atoms with E-state index in [0.29, 0.717) is 10.9 Å². The van der Waals surface area contributed by atoms with Gasteiger partial charge in [0, 0.05) is 30.7 Å². The Bertz CT molecular complexity index is 641. The van der Waals surface area contributed by atoms with Crippen LogP contribution in [0.3, 0.4) is 0 Å². The number of thioether (sulfide) groups is 1. The van der Waals surface area contributed by atoms with E-state index in [9.17, 15) is 4.79 Å². The van der Waals surface area contributed by atoms with Crippen molar-refractivity contribution in [2.45, 2.75) is 24.8 Å². The van der Waals surface area contributed by atoms with Gasteiger partial charge < -0.3 is 10.2 Å². The van der Waals surface area contributed by atoms with Gasteiger partial charge in [-0.3, -0.25) is 4.79 Å². The third-order valence-corrected chi connectivity index (χ3v) is 5.38. The van der Waals surface area contributed by atoms with Crippen LogP contribution in [0.2, 0.25) is 0 Å². The zero-order valence-corrected chi connectivity index (χ0v) is 14.6. The Hall–Kier alpha value is -1.67. The van der Waals surface area contributed by atoms with Gasteiger partial charge in [-0.2, -0.15) is 0 Å². The third kappa shape index (κ3) is 4.65. The number of carbonyl (C=O) groups excluding carboxylic acids is 1. The minimum absolute atomic E-state index is 0.0723. The van der Waals surface area contributed by atoms with Crippen LogP contribution in [0.5, 0.6) is 0 Å². The molecule has 1 N–H and O–H groups in total. The Balaban J connectivity index is 1.54. The molecule has 0 bridgehead atoms. The summed E-state index contributed by atoms with van der Waals surface area (Å²) in [6.45, 7) is 4.36. The zero-order chi connectivity index (χ0) is 16.1. The van der Waals surface area contributed by atoms with Crippen molar-refractivity contribution < 1.29 is 4.79 Å². The van der Waals surface area contributed by atoms with Crippen LogP contribution in [-0.2, 0) is 4.79 Å². The number of hydrogen-bond acceptors (Lipinski definition) is 7. The maximum atomic E-state index is 11.9. The van der Waals surface area contributed by atoms with Crippen molar-refractivity contribution in [3.63, 3.8) is 0 Å². The minimum atomic E-state index is -0.0723. The third-order valence-electron chi connectivity index (χ3n) is 3.77. The molecule has 1 saturated heterocycles. The molecule has 0 aliphatic carbocycles. The van der Waals surface area contributed by atoms with Crippen molar-refractivity contribution in [3.8, 4) is 0 Å². The molecule has 23 heavy (non-hydrogen) atoms. The summed E-state index contributed by atoms with van der Waals surface area (Å²) in [6, 6.07) is 1.97. The summed E-state index contributed by atoms with van der Waals surface area (Å²) in [4.78, 5) is 26.8. The highest BCUT2D eigenvalue weighted by Gasteiger charge is 2.17. The molecule has 0 aromatic carbocycles. The highest BCUT2D eigenvalue weighted by atomic mass is 32.2. The maximum Gasteiger partial charge on any atom is 0.236 e. The van der Waals surface area contributed by atoms with Crippen LogP contribution in [0, 0.1) is 5.92 Å². The quantitative estimate of drug-likeness (QED) is 0.661. The Labute approximate surface area is 143 Å². The largest absolute Gasteiger partial charge is 0.356 e. The molecule has 0 unspecified atom stereocenters. The molecule has 1 fully saturated rings. The lowest BCUT2D eigenvalue weighted by Gasteiger charge is -2.31. The number of piperidine rings is 1. The van der Waals surface area contributed by atoms with Crippen molar-refractivity contribution in [3.05, 3.63) is 24.0 Å². The lowest BCUT2D eigenvalue weighted by molar-refractivity contribution is -0.113. The second kappa shape index (κ2) is 7.74. The number of amides is 1. The van der Waals surface area contributed by atoms with E-state index in [1.165, 1.54) is 35.9 Å². The maximum absolute atomic E-state index is 11.9. The number of thiazole rings is 1. The standard InChI is InChI=1S/C15H19N5OS2/c1-11-2-5-20(6-3-11)12-8-14(18-10-17-12)23-9-13(21)19-15-16-4-7-22-15/h4,7-8,10-11H,2-3,5-6,9H2,1H3,(H,16,19,21). The number of carbonyl (C=O) groups is 1. The number of rotatable bonds is 5. The molecule has 1 aliphatic rings. The Morgan fingerprint density at radius 1 is 1.39 bits per heavy atom. The van der Waals surface area contributed by atoms with Crippen molar-refractivity contribution in [1.29, 1.82) is 0 Å². The van der Waals surface area contributed by atoms with Gasteiger partial charge in [-0.15, -0.1) is 11.3 Å². The number of hydrogen-bond donors (Lipinski definition) is 1. The first kappa shape index (κ1) is 16.2. The zero-order valence-electron chi connectivity index (χ0n) is 12.9. The molecule has 0 atom stereocenters. The fraction of sp³-hybridized carbons (Fsp3) is 0.467. The molecule has 122 valence electrons. The van der Waals surface area contributed by atoms with Gasteiger partial charge in [0.2, 0.25) is 5.91 Å². The van der Waals surface area contributed by atoms with Gasteiger partial charge in [0.1, 0.15) is 17.2 Å². The Kier molecular flexibility index (Phi) is 5.45. The van der Waals surface area contributed by atoms with Crippen LogP contribution in [0.4, 0.5) is 10.9 Å². The number of anilines is 2. The molecule has 6 nitrogen and oxygen atoms in total. The van der Waals surface area contributed by atoms with Crippen LogP contribution in [0.15, 0.2) is 29.0 Å². The SMILES string of the molecule is CC1CCN(c2cc(SCC(=O)Nc3nccs3)ncn2)CC1. The van der Waals surface area contributed by atoms with Crippen LogP contribution >= 0.6 is 23.1 Å². The summed E-state index contributed by atoms with van der Waals surface area (Å²) in [5.74, 6) is 1.98. The first-order chi connectivity index (χ1) is 11.2. The van der Waals surface area contributed by atoms with Gasteiger partial charge in [-0.05, 0) is 18.8 Å². The van der Waals surface area contributed by atoms with Gasteiger partial charge in [-0.1, -0.05) is 18.7 Å². The highest BCUT2D eigenvalue weighted by Crippen LogP contribution is 2.24. The van der Waals surface area contributed by atoms with Crippen LogP contribution in [0.25, 0.3) is 0 Å². The summed E-state index contributed by atoms with van der Waals surface area (Å²) in [7, 11) is 0. The molecule has 0 radical (unpaired) electrons. The molecular weight excluding hydrogens is 330 g/mol. The molecule has 3 heterocycles. The number of nitrogens with zero attached hydrogens (tertiary/aromatic N) is 4. The predicted molar refractivity (Wildman–Crippen MR) is 94.1 cm³/mol. The van der Waals surface area contributed by atoms with Crippen LogP contribution in [0.1, 0.15) is 19.8 Å². The molecule has 1 amide bonds. The second-order valence-electron chi connectivity index (χ2n) is 5.56. The van der Waals surface area contributed by atoms with E-state index in [1.54, 1.807) is 12.5 Å². The summed E-state index contributed by atoms with van der Waals surface area (Å²) < 4.78 is 0. The van der Waals surface area contributed by atoms with Crippen molar-refractivity contribution in [2.24, 2.45) is 5.92 Å². The Morgan fingerprint density at radius 2 is 2.22 bits per heavy atom. The molecule has 2 aromatic rings. The predicted octanol–water partition coefficient (Wildman–Crippen LogP) is 2.90. The first-order valence-corrected chi connectivity index (χ1v) is 9.46. The van der Waals surface area contributed by atoms with Crippen molar-refractivity contribution >= 4 is 40.0 Å². The van der Waals surface area contributed by atoms with Crippen LogP contribution in [-0.4, -0.2) is 39.7 Å². The monoisotopic (exact) mass is 349 g/mol. The average Bonchev–Trinajstić information content (AvgIpc) is 3.07. The van der Waals surface area contributed by atoms with Crippen molar-refractivity contribution in [2.75, 3.05) is 29.1 Å². The van der Waals surface area contributed by atoms with Gasteiger partial charge in [0.05, 0.1) is 5.75 Å². The van der Waals surface area contributed by atoms with Gasteiger partial charge in [0.25, 0.3) is 0 Å². The molecule has 1 aliphatic heterocycles. The number of aromatic nitrogens is 3. The van der Waals surface area contributed by atoms with Gasteiger partial charge in [0.15, 0.2) is 5.13 Å². The van der Waals surface area contributed by atoms with Crippen LogP contribution < -0.4 is 10.2 Å². The lowest BCUT2D eigenvalue weighted by atomic mass is 9.99. The molecule has 3 rings (SSSR count). The topological polar surface area (TPSA) is 71.0 Å². The van der Waals surface area contributed by atoms with E-state index in [4.69, 9.17) is 0 Å². The summed E-state index contributed by atoms with van der Waals surface area (Å²) in [5, 5.41) is 6.05. The van der Waals surface area contributed by atoms with E-state index in [1.807, 2.05) is 11.4 Å². The molecule has 8 heteroatoms. The summed E-state index contributed by atoms with van der Waals surface area (Å²) in [6.07, 6.45) is 5.64. The normalized spacial score (nSPS) is 15.6. The van der Waals surface area contributed by atoms with Gasteiger partial charge in [-0.25, -0.2) is 15.0 Å². The fourth-order valence-electron chi connectivity index (χ4n) is 2.40. The number of nitrogens with one attached hydrogen (secondary N) is 1. The summed E-state index contributed by atoms with van der Waals surface area (Å²) >= 11 is 2.83. The van der Waals surface area contributed by atoms with E-state index in [2.05, 4.69) is 32.1 Å². The van der Waals surface area contributed by atoms with E-state index >= 15 is 0 Å². The minimum Gasteiger partial charge on any atom is -0.356 e. The second-order valence-corrected chi connectivity index (χ2v) is 7.45. The van der Waals surface area contributed by atoms with E-state index in [-0.39, 0.29) is 5.91 Å². The Morgan fingerprint density at radius 3 is 2.96 bits per heavy atom. The first-order valence-electron chi connectivity index (χ1n) is 7.60. The fourth-order valence-corrected chi connectivity index (χ4v) is 3.61. The highest BCUT2D eigenvalue weighted by molar-refractivity contribution is 7.99. The molecule has 2 aromatic heterocycles. The van der Waals surface area contributed by atoms with Crippen molar-refractivity contribution in [1.82, 2.24) is 15.0 Å². The molecule has 0 saturated carbocycles. The molecular formula is C15H19N5OS2. The average molecular weight is 349 g/mol. The van der Waals surface area contributed by atoms with E-state index < -0.39 is 0 Å². The van der Waals surface area contributed by atoms with E-state index in [0.717, 1.165) is 29.9 Å². The van der Waals surface area contributed by atoms with Gasteiger partial charge >= 0.3 is 0 Å².